The largest absolute Gasteiger partial charge is 0.380 e. The highest BCUT2D eigenvalue weighted by Gasteiger charge is 2.51. The Morgan fingerprint density at radius 2 is 0.788 bits per heavy atom. The van der Waals surface area contributed by atoms with Crippen molar-refractivity contribution < 1.29 is 19.3 Å². The van der Waals surface area contributed by atoms with Crippen molar-refractivity contribution in [3.8, 4) is 0 Å². The van der Waals surface area contributed by atoms with Crippen molar-refractivity contribution in [3.05, 3.63) is 69.9 Å². The average molecular weight is 715 g/mol. The van der Waals surface area contributed by atoms with Gasteiger partial charge in [-0.2, -0.15) is 0 Å². The van der Waals surface area contributed by atoms with E-state index in [1.807, 2.05) is 43.4 Å². The molecule has 288 valence electrons. The summed E-state index contributed by atoms with van der Waals surface area (Å²) >= 11 is 0. The van der Waals surface area contributed by atoms with Gasteiger partial charge in [0.25, 0.3) is 0 Å². The minimum atomic E-state index is -0.966. The van der Waals surface area contributed by atoms with Crippen molar-refractivity contribution in [2.24, 2.45) is 48.7 Å². The fraction of sp³-hybridized carbons (Fsp3) is 0.652. The number of carbonyl (C=O) groups excluding carboxylic acids is 2. The Labute approximate surface area is 316 Å². The quantitative estimate of drug-likeness (QED) is 0.210. The second-order valence-electron chi connectivity index (χ2n) is 21.7. The van der Waals surface area contributed by atoms with Crippen LogP contribution in [0.3, 0.4) is 0 Å². The zero-order valence-corrected chi connectivity index (χ0v) is 36.6. The van der Waals surface area contributed by atoms with E-state index in [-0.39, 0.29) is 39.1 Å². The van der Waals surface area contributed by atoms with Gasteiger partial charge in [0.05, 0.1) is 0 Å². The van der Waals surface area contributed by atoms with Crippen LogP contribution in [0.5, 0.6) is 0 Å². The molecule has 0 atom stereocenters. The summed E-state index contributed by atoms with van der Waals surface area (Å²) in [6.45, 7) is 43.9. The first-order chi connectivity index (χ1) is 23.1. The Hall–Kier alpha value is -3.28. The van der Waals surface area contributed by atoms with Crippen LogP contribution in [0.1, 0.15) is 145 Å². The fourth-order valence-corrected chi connectivity index (χ4v) is 6.55. The third kappa shape index (κ3) is 8.57. The maximum absolute atomic E-state index is 13.9. The second-order valence-corrected chi connectivity index (χ2v) is 21.7. The summed E-state index contributed by atoms with van der Waals surface area (Å²) in [5.41, 5.74) is 1.88. The summed E-state index contributed by atoms with van der Waals surface area (Å²) in [5, 5.41) is 9.75. The van der Waals surface area contributed by atoms with E-state index in [9.17, 15) is 9.59 Å². The second kappa shape index (κ2) is 13.5. The minimum absolute atomic E-state index is 0.0667. The van der Waals surface area contributed by atoms with E-state index >= 15 is 0 Å². The Balaban J connectivity index is 2.22. The van der Waals surface area contributed by atoms with Crippen molar-refractivity contribution >= 4 is 23.0 Å². The molecular weight excluding hydrogens is 645 g/mol. The lowest BCUT2D eigenvalue weighted by Gasteiger charge is -2.44. The summed E-state index contributed by atoms with van der Waals surface area (Å²) in [5.74, 6) is 0.231. The molecule has 6 nitrogen and oxygen atoms in total. The molecule has 6 heteroatoms. The molecular formula is C46H70N2O4. The third-order valence-electron chi connectivity index (χ3n) is 10.5. The van der Waals surface area contributed by atoms with Crippen LogP contribution in [0.25, 0.3) is 0 Å². The molecule has 0 unspecified atom stereocenters. The summed E-state index contributed by atoms with van der Waals surface area (Å²) in [7, 11) is 0. The van der Waals surface area contributed by atoms with E-state index in [1.165, 1.54) is 0 Å². The molecule has 0 amide bonds. The molecule has 0 aromatic rings. The predicted molar refractivity (Wildman–Crippen MR) is 218 cm³/mol. The van der Waals surface area contributed by atoms with Crippen molar-refractivity contribution in [3.63, 3.8) is 0 Å². The van der Waals surface area contributed by atoms with E-state index in [0.29, 0.717) is 11.4 Å². The first-order valence-electron chi connectivity index (χ1n) is 19.0. The zero-order chi connectivity index (χ0) is 40.4. The van der Waals surface area contributed by atoms with Gasteiger partial charge in [0.2, 0.25) is 0 Å². The topological polar surface area (TPSA) is 77.3 Å². The first kappa shape index (κ1) is 43.1. The lowest BCUT2D eigenvalue weighted by atomic mass is 9.64. The smallest absolute Gasteiger partial charge is 0.185 e. The maximum Gasteiger partial charge on any atom is 0.185 e. The molecule has 3 rings (SSSR count). The zero-order valence-electron chi connectivity index (χ0n) is 36.6. The molecule has 0 N–H and O–H groups in total. The highest BCUT2D eigenvalue weighted by Crippen LogP contribution is 2.49. The Kier molecular flexibility index (Phi) is 11.2. The minimum Gasteiger partial charge on any atom is -0.380 e. The van der Waals surface area contributed by atoms with Crippen LogP contribution in [0.15, 0.2) is 80.2 Å². The first-order valence-corrected chi connectivity index (χ1v) is 19.0. The molecule has 0 aromatic carbocycles. The number of hydrogen-bond donors (Lipinski definition) is 0. The van der Waals surface area contributed by atoms with Crippen LogP contribution in [0.4, 0.5) is 0 Å². The molecule has 0 radical (unpaired) electrons. The number of carbonyl (C=O) groups is 2. The number of oxime groups is 2. The Bertz CT molecular complexity index is 1650. The molecule has 0 bridgehead atoms. The van der Waals surface area contributed by atoms with Gasteiger partial charge in [-0.05, 0) is 82.1 Å². The average Bonchev–Trinajstić information content (AvgIpc) is 2.92. The molecule has 3 aliphatic rings. The number of rotatable bonds is 5. The summed E-state index contributed by atoms with van der Waals surface area (Å²) in [6, 6.07) is 0. The van der Waals surface area contributed by atoms with Gasteiger partial charge in [0.15, 0.2) is 22.8 Å². The summed E-state index contributed by atoms with van der Waals surface area (Å²) in [6.07, 6.45) is 12.1. The van der Waals surface area contributed by atoms with E-state index in [0.717, 1.165) is 33.4 Å². The van der Waals surface area contributed by atoms with Crippen LogP contribution >= 0.6 is 0 Å². The number of hydrogen-bond acceptors (Lipinski definition) is 6. The van der Waals surface area contributed by atoms with E-state index in [1.54, 1.807) is 0 Å². The molecule has 52 heavy (non-hydrogen) atoms. The van der Waals surface area contributed by atoms with Crippen LogP contribution < -0.4 is 0 Å². The van der Waals surface area contributed by atoms with Crippen molar-refractivity contribution in [2.75, 3.05) is 0 Å². The van der Waals surface area contributed by atoms with E-state index < -0.39 is 22.0 Å². The fourth-order valence-electron chi connectivity index (χ4n) is 6.55. The monoisotopic (exact) mass is 715 g/mol. The molecule has 0 aromatic heterocycles. The van der Waals surface area contributed by atoms with Crippen LogP contribution in [-0.4, -0.2) is 34.2 Å². The van der Waals surface area contributed by atoms with Gasteiger partial charge in [-0.3, -0.25) is 9.59 Å². The van der Waals surface area contributed by atoms with Crippen molar-refractivity contribution in [1.82, 2.24) is 0 Å². The molecule has 0 spiro atoms. The lowest BCUT2D eigenvalue weighted by Crippen LogP contribution is -2.46. The van der Waals surface area contributed by atoms with Gasteiger partial charge in [-0.25, -0.2) is 0 Å². The van der Waals surface area contributed by atoms with Crippen LogP contribution in [0, 0.1) is 38.4 Å². The summed E-state index contributed by atoms with van der Waals surface area (Å²) < 4.78 is 0. The normalized spacial score (nSPS) is 22.1. The molecule has 0 saturated carbocycles. The van der Waals surface area contributed by atoms with Crippen molar-refractivity contribution in [2.45, 2.75) is 157 Å². The molecule has 0 heterocycles. The van der Waals surface area contributed by atoms with Crippen LogP contribution in [0.2, 0.25) is 0 Å². The van der Waals surface area contributed by atoms with E-state index in [2.05, 4.69) is 138 Å². The van der Waals surface area contributed by atoms with Crippen LogP contribution in [-0.2, 0) is 19.3 Å². The standard InChI is InChI=1S/C46H70N2O4/c1-28(2)30-23-35(47-51-45(43(16,17)18)24-31(39(4,5)6)37(49)32(25-45)40(7,8)9)29(3)22-36(30)48-52-46(44(19,20)21)26-33(41(10,11)12)38(50)34(27-46)42(13,14)15/h22-28H,1-21H3/b47-35-,48-36-. The van der Waals surface area contributed by atoms with Crippen molar-refractivity contribution in [1.29, 1.82) is 0 Å². The molecule has 0 fully saturated rings. The lowest BCUT2D eigenvalue weighted by molar-refractivity contribution is -0.116. The molecule has 3 aliphatic carbocycles. The SMILES string of the molecule is CC1=CC(=N/OC2(C(C)(C)C)C=C(C(C)(C)C)C(=O)C(C(C)(C)C)=C2)/C(C(C)C)=CC/1=N/OC1(C(C)(C)C)C=C(C(C)(C)C)C(=O)C(C(C)(C)C)=C1. The molecule has 0 saturated heterocycles. The number of allylic oxidation sites excluding steroid dienone is 8. The van der Waals surface area contributed by atoms with Gasteiger partial charge < -0.3 is 9.68 Å². The number of nitrogens with zero attached hydrogens (tertiary/aromatic N) is 2. The maximum atomic E-state index is 13.9. The number of Topliss-reactive ketones (excluding diaryl/α,β-unsaturated/α-hetero) is 2. The third-order valence-corrected chi connectivity index (χ3v) is 10.5. The van der Waals surface area contributed by atoms with Gasteiger partial charge in [-0.15, -0.1) is 0 Å². The highest BCUT2D eigenvalue weighted by atomic mass is 16.7. The highest BCUT2D eigenvalue weighted by molar-refractivity contribution is 6.23. The van der Waals surface area contributed by atoms with Gasteiger partial charge in [0, 0.05) is 33.1 Å². The van der Waals surface area contributed by atoms with E-state index in [4.69, 9.17) is 20.0 Å². The summed E-state index contributed by atoms with van der Waals surface area (Å²) in [4.78, 5) is 41.2. The van der Waals surface area contributed by atoms with Gasteiger partial charge in [0.1, 0.15) is 11.4 Å². The number of ketones is 2. The Morgan fingerprint density at radius 3 is 1.04 bits per heavy atom. The van der Waals surface area contributed by atoms with Gasteiger partial charge in [-0.1, -0.05) is 149 Å². The van der Waals surface area contributed by atoms with Gasteiger partial charge >= 0.3 is 0 Å². The molecule has 0 aliphatic heterocycles. The predicted octanol–water partition coefficient (Wildman–Crippen LogP) is 11.9. The Morgan fingerprint density at radius 1 is 0.500 bits per heavy atom.